The Morgan fingerprint density at radius 1 is 0.944 bits per heavy atom. The molecule has 2 aromatic carbocycles. The maximum absolute atomic E-state index is 13.7. The van der Waals surface area contributed by atoms with Crippen molar-refractivity contribution in [3.63, 3.8) is 0 Å². The highest BCUT2D eigenvalue weighted by molar-refractivity contribution is 9.10. The second-order valence-electron chi connectivity index (χ2n) is 7.91. The fraction of sp³-hybridized carbons (Fsp3) is 0.107. The summed E-state index contributed by atoms with van der Waals surface area (Å²) in [7, 11) is 0. The van der Waals surface area contributed by atoms with E-state index in [0.29, 0.717) is 32.5 Å². The number of hydrogen-bond donors (Lipinski definition) is 0. The van der Waals surface area contributed by atoms with Crippen LogP contribution in [-0.2, 0) is 4.74 Å². The minimum absolute atomic E-state index is 0.00517. The average molecular weight is 579 g/mol. The van der Waals surface area contributed by atoms with Gasteiger partial charge < -0.3 is 9.14 Å². The zero-order valence-corrected chi connectivity index (χ0v) is 22.4. The molecule has 0 bridgehead atoms. The fourth-order valence-corrected chi connectivity index (χ4v) is 6.75. The number of carbonyl (C=O) groups excluding carboxylic acids is 3. The lowest BCUT2D eigenvalue weighted by Crippen LogP contribution is -2.06. The molecule has 0 saturated heterocycles. The van der Waals surface area contributed by atoms with E-state index in [9.17, 15) is 14.4 Å². The number of esters is 1. The van der Waals surface area contributed by atoms with Crippen molar-refractivity contribution in [1.29, 1.82) is 0 Å². The van der Waals surface area contributed by atoms with Crippen LogP contribution in [0.5, 0.6) is 0 Å². The number of fused-ring (bicyclic) bond motifs is 3. The maximum atomic E-state index is 13.7. The molecule has 180 valence electrons. The first kappa shape index (κ1) is 24.5. The molecular weight excluding hydrogens is 558 g/mol. The van der Waals surface area contributed by atoms with Crippen LogP contribution in [0.1, 0.15) is 42.9 Å². The van der Waals surface area contributed by atoms with E-state index < -0.39 is 5.97 Å². The van der Waals surface area contributed by atoms with Crippen molar-refractivity contribution in [1.82, 2.24) is 4.40 Å². The third-order valence-electron chi connectivity index (χ3n) is 5.68. The number of thioether (sulfide) groups is 1. The van der Waals surface area contributed by atoms with E-state index in [1.807, 2.05) is 59.1 Å². The van der Waals surface area contributed by atoms with Crippen molar-refractivity contribution in [2.75, 3.05) is 12.4 Å². The van der Waals surface area contributed by atoms with Gasteiger partial charge in [-0.05, 0) is 43.3 Å². The number of aromatic nitrogens is 1. The highest BCUT2D eigenvalue weighted by Gasteiger charge is 2.29. The molecule has 0 aliphatic rings. The van der Waals surface area contributed by atoms with Crippen molar-refractivity contribution in [2.24, 2.45) is 0 Å². The highest BCUT2D eigenvalue weighted by atomic mass is 79.9. The van der Waals surface area contributed by atoms with Crippen LogP contribution in [0.2, 0.25) is 0 Å². The van der Waals surface area contributed by atoms with Crippen LogP contribution in [-0.4, -0.2) is 34.3 Å². The van der Waals surface area contributed by atoms with Gasteiger partial charge in [0.2, 0.25) is 5.78 Å². The zero-order valence-electron chi connectivity index (χ0n) is 19.2. The number of ether oxygens (including phenoxy) is 1. The molecule has 0 amide bonds. The number of benzene rings is 2. The Balaban J connectivity index is 1.68. The lowest BCUT2D eigenvalue weighted by atomic mass is 10.1. The summed E-state index contributed by atoms with van der Waals surface area (Å²) >= 11 is 6.10. The summed E-state index contributed by atoms with van der Waals surface area (Å²) < 4.78 is 8.97. The Morgan fingerprint density at radius 2 is 1.67 bits per heavy atom. The predicted octanol–water partition coefficient (Wildman–Crippen LogP) is 7.30. The zero-order chi connectivity index (χ0) is 25.2. The number of Topliss-reactive ketones (excluding diaryl/α,β-unsaturated/α-hetero) is 1. The number of ketones is 2. The van der Waals surface area contributed by atoms with E-state index in [1.54, 1.807) is 31.2 Å². The summed E-state index contributed by atoms with van der Waals surface area (Å²) in [5.74, 6) is -0.453. The molecule has 5 nitrogen and oxygen atoms in total. The van der Waals surface area contributed by atoms with Crippen LogP contribution < -0.4 is 0 Å². The van der Waals surface area contributed by atoms with Gasteiger partial charge in [-0.15, -0.1) is 23.1 Å². The number of hydrogen-bond acceptors (Lipinski definition) is 6. The molecule has 3 aromatic heterocycles. The summed E-state index contributed by atoms with van der Waals surface area (Å²) in [6.45, 7) is 1.98. The van der Waals surface area contributed by atoms with Gasteiger partial charge in [0.05, 0.1) is 38.0 Å². The molecule has 3 heterocycles. The lowest BCUT2D eigenvalue weighted by Gasteiger charge is -2.04. The van der Waals surface area contributed by atoms with E-state index in [-0.39, 0.29) is 23.9 Å². The average Bonchev–Trinajstić information content (AvgIpc) is 3.44. The summed E-state index contributed by atoms with van der Waals surface area (Å²) in [4.78, 5) is 40.1. The van der Waals surface area contributed by atoms with Gasteiger partial charge in [-0.25, -0.2) is 4.79 Å². The van der Waals surface area contributed by atoms with Crippen molar-refractivity contribution >= 4 is 73.0 Å². The van der Waals surface area contributed by atoms with Crippen molar-refractivity contribution in [2.45, 2.75) is 11.1 Å². The van der Waals surface area contributed by atoms with Crippen LogP contribution in [0.15, 0.2) is 87.7 Å². The van der Waals surface area contributed by atoms with Crippen LogP contribution in [0.25, 0.3) is 16.4 Å². The first-order valence-electron chi connectivity index (χ1n) is 11.2. The van der Waals surface area contributed by atoms with Gasteiger partial charge in [-0.1, -0.05) is 52.3 Å². The van der Waals surface area contributed by atoms with Crippen LogP contribution in [0.4, 0.5) is 0 Å². The van der Waals surface area contributed by atoms with E-state index in [4.69, 9.17) is 4.74 Å². The van der Waals surface area contributed by atoms with Crippen LogP contribution in [0, 0.1) is 0 Å². The Bertz CT molecular complexity index is 1600. The highest BCUT2D eigenvalue weighted by Crippen LogP contribution is 2.44. The van der Waals surface area contributed by atoms with Crippen LogP contribution >= 0.6 is 39.0 Å². The second-order valence-corrected chi connectivity index (χ2v) is 11.1. The molecule has 5 aromatic rings. The Morgan fingerprint density at radius 3 is 2.39 bits per heavy atom. The van der Waals surface area contributed by atoms with E-state index in [0.717, 1.165) is 14.2 Å². The molecule has 0 fully saturated rings. The number of carbonyl (C=O) groups is 3. The van der Waals surface area contributed by atoms with Crippen molar-refractivity contribution < 1.29 is 19.1 Å². The number of nitrogens with zero attached hydrogens (tertiary/aromatic N) is 1. The standard InChI is InChI=1S/C28H20BrNO4S2/c1-2-34-27(33)22-20-10-6-7-15-30(20)24-23(22)26(25(32)18-11-13-19(29)14-12-18)36-28(24)35-16-21(31)17-8-4-3-5-9-17/h3-15H,2,16H2,1H3. The third-order valence-corrected chi connectivity index (χ3v) is 8.65. The normalized spacial score (nSPS) is 11.2. The largest absolute Gasteiger partial charge is 0.462 e. The van der Waals surface area contributed by atoms with Gasteiger partial charge in [0.1, 0.15) is 0 Å². The summed E-state index contributed by atoms with van der Waals surface area (Å²) in [6.07, 6.45) is 1.87. The molecule has 0 atom stereocenters. The van der Waals surface area contributed by atoms with Gasteiger partial charge in [0, 0.05) is 27.2 Å². The lowest BCUT2D eigenvalue weighted by molar-refractivity contribution is 0.0530. The topological polar surface area (TPSA) is 64.9 Å². The van der Waals surface area contributed by atoms with Gasteiger partial charge >= 0.3 is 5.97 Å². The molecule has 0 aliphatic heterocycles. The number of thiophene rings is 1. The number of pyridine rings is 1. The monoisotopic (exact) mass is 577 g/mol. The summed E-state index contributed by atoms with van der Waals surface area (Å²) in [6, 6.07) is 21.8. The van der Waals surface area contributed by atoms with E-state index in [1.165, 1.54) is 23.1 Å². The molecular formula is C28H20BrNO4S2. The quantitative estimate of drug-likeness (QED) is 0.110. The Hall–Kier alpha value is -3.20. The smallest absolute Gasteiger partial charge is 0.341 e. The first-order chi connectivity index (χ1) is 17.5. The van der Waals surface area contributed by atoms with Crippen molar-refractivity contribution in [3.8, 4) is 0 Å². The maximum Gasteiger partial charge on any atom is 0.341 e. The third kappa shape index (κ3) is 4.52. The molecule has 5 rings (SSSR count). The molecule has 0 saturated carbocycles. The SMILES string of the molecule is CCOC(=O)c1c2c(C(=O)c3ccc(Br)cc3)sc(SCC(=O)c3ccccc3)c2n2ccccc12. The fourth-order valence-electron chi connectivity index (χ4n) is 4.06. The van der Waals surface area contributed by atoms with Gasteiger partial charge in [0.15, 0.2) is 5.78 Å². The molecule has 8 heteroatoms. The summed E-state index contributed by atoms with van der Waals surface area (Å²) in [5.41, 5.74) is 2.92. The second kappa shape index (κ2) is 10.4. The van der Waals surface area contributed by atoms with E-state index in [2.05, 4.69) is 15.9 Å². The predicted molar refractivity (Wildman–Crippen MR) is 148 cm³/mol. The molecule has 0 unspecified atom stereocenters. The molecule has 0 radical (unpaired) electrons. The Kier molecular flexibility index (Phi) is 7.09. The van der Waals surface area contributed by atoms with Crippen LogP contribution in [0.3, 0.4) is 0 Å². The molecule has 36 heavy (non-hydrogen) atoms. The summed E-state index contributed by atoms with van der Waals surface area (Å²) in [5, 5.41) is 0.562. The Labute approximate surface area is 224 Å². The molecule has 0 spiro atoms. The minimum Gasteiger partial charge on any atom is -0.462 e. The molecule has 0 N–H and O–H groups in total. The number of rotatable bonds is 8. The van der Waals surface area contributed by atoms with Gasteiger partial charge in [-0.3, -0.25) is 9.59 Å². The first-order valence-corrected chi connectivity index (χ1v) is 13.8. The number of halogens is 1. The van der Waals surface area contributed by atoms with Gasteiger partial charge in [-0.2, -0.15) is 0 Å². The molecule has 0 aliphatic carbocycles. The van der Waals surface area contributed by atoms with E-state index >= 15 is 0 Å². The van der Waals surface area contributed by atoms with Crippen molar-refractivity contribution in [3.05, 3.63) is 105 Å². The van der Waals surface area contributed by atoms with Gasteiger partial charge in [0.25, 0.3) is 0 Å². The minimum atomic E-state index is -0.476.